The number of anilines is 1. The highest BCUT2D eigenvalue weighted by Gasteiger charge is 2.10. The summed E-state index contributed by atoms with van der Waals surface area (Å²) < 4.78 is 2.59. The lowest BCUT2D eigenvalue weighted by atomic mass is 10.1. The van der Waals surface area contributed by atoms with Crippen LogP contribution in [-0.2, 0) is 6.54 Å². The van der Waals surface area contributed by atoms with Gasteiger partial charge >= 0.3 is 0 Å². The maximum Gasteiger partial charge on any atom is 0.262 e. The number of halogens is 1. The van der Waals surface area contributed by atoms with Gasteiger partial charge in [-0.3, -0.25) is 14.2 Å². The van der Waals surface area contributed by atoms with Crippen molar-refractivity contribution in [3.63, 3.8) is 0 Å². The topological polar surface area (TPSA) is 66.9 Å². The molecule has 3 aromatic rings. The van der Waals surface area contributed by atoms with Crippen LogP contribution in [0.15, 0.2) is 64.4 Å². The smallest absolute Gasteiger partial charge is 0.262 e. The van der Waals surface area contributed by atoms with Crippen LogP contribution >= 0.6 is 28.1 Å². The molecule has 0 aliphatic rings. The Balaban J connectivity index is 2.00. The van der Waals surface area contributed by atoms with Gasteiger partial charge in [-0.1, -0.05) is 28.1 Å². The van der Waals surface area contributed by atoms with Crippen molar-refractivity contribution < 1.29 is 4.79 Å². The van der Waals surface area contributed by atoms with E-state index in [4.69, 9.17) is 12.2 Å². The number of aromatic amines is 1. The van der Waals surface area contributed by atoms with Gasteiger partial charge in [0.25, 0.3) is 11.5 Å². The number of nitrogens with zero attached hydrogens (tertiary/aromatic N) is 1. The van der Waals surface area contributed by atoms with Gasteiger partial charge in [0, 0.05) is 22.3 Å². The average molecular weight is 416 g/mol. The Hall–Kier alpha value is -2.51. The van der Waals surface area contributed by atoms with Crippen LogP contribution in [0.2, 0.25) is 0 Å². The maximum absolute atomic E-state index is 12.5. The Bertz CT molecular complexity index is 1100. The molecule has 1 heterocycles. The molecule has 126 valence electrons. The third kappa shape index (κ3) is 3.62. The van der Waals surface area contributed by atoms with E-state index in [-0.39, 0.29) is 11.5 Å². The first kappa shape index (κ1) is 17.3. The van der Waals surface area contributed by atoms with Crippen LogP contribution in [0.5, 0.6) is 0 Å². The summed E-state index contributed by atoms with van der Waals surface area (Å²) in [5.74, 6) is -0.269. The molecule has 0 aliphatic carbocycles. The van der Waals surface area contributed by atoms with E-state index in [1.807, 2.05) is 12.1 Å². The van der Waals surface area contributed by atoms with Crippen LogP contribution in [0.25, 0.3) is 10.9 Å². The van der Waals surface area contributed by atoms with Gasteiger partial charge in [0.15, 0.2) is 4.77 Å². The van der Waals surface area contributed by atoms with E-state index >= 15 is 0 Å². The lowest BCUT2D eigenvalue weighted by Gasteiger charge is -2.08. The van der Waals surface area contributed by atoms with E-state index in [0.29, 0.717) is 33.5 Å². The Morgan fingerprint density at radius 2 is 2.12 bits per heavy atom. The molecule has 0 unspecified atom stereocenters. The van der Waals surface area contributed by atoms with E-state index < -0.39 is 0 Å². The fourth-order valence-corrected chi connectivity index (χ4v) is 3.13. The van der Waals surface area contributed by atoms with Crippen molar-refractivity contribution >= 4 is 50.6 Å². The minimum absolute atomic E-state index is 0.211. The van der Waals surface area contributed by atoms with Crippen LogP contribution in [0.4, 0.5) is 5.69 Å². The molecule has 0 saturated carbocycles. The Morgan fingerprint density at radius 1 is 1.32 bits per heavy atom. The number of hydrogen-bond donors (Lipinski definition) is 2. The molecule has 2 N–H and O–H groups in total. The zero-order chi connectivity index (χ0) is 18.0. The van der Waals surface area contributed by atoms with Crippen molar-refractivity contribution in [3.05, 3.63) is 80.3 Å². The van der Waals surface area contributed by atoms with Crippen LogP contribution < -0.4 is 10.9 Å². The van der Waals surface area contributed by atoms with Crippen molar-refractivity contribution in [2.45, 2.75) is 6.54 Å². The quantitative estimate of drug-likeness (QED) is 0.494. The first-order valence-electron chi connectivity index (χ1n) is 7.44. The molecule has 5 nitrogen and oxygen atoms in total. The molecule has 1 amide bonds. The molecule has 0 bridgehead atoms. The highest BCUT2D eigenvalue weighted by Crippen LogP contribution is 2.17. The second kappa shape index (κ2) is 7.16. The summed E-state index contributed by atoms with van der Waals surface area (Å²) in [7, 11) is 0. The van der Waals surface area contributed by atoms with E-state index in [9.17, 15) is 9.59 Å². The lowest BCUT2D eigenvalue weighted by Crippen LogP contribution is -2.22. The highest BCUT2D eigenvalue weighted by molar-refractivity contribution is 9.10. The molecular formula is C18H14BrN3O2S. The zero-order valence-electron chi connectivity index (χ0n) is 13.1. The standard InChI is InChI=1S/C18H14BrN3O2S/c1-2-8-22-17(24)14-7-6-11(9-15(14)21-18(22)25)16(23)20-13-5-3-4-12(19)10-13/h2-7,9-10H,1,8H2,(H,20,23)(H,21,25). The normalized spacial score (nSPS) is 10.6. The second-order valence-electron chi connectivity index (χ2n) is 5.36. The molecule has 0 atom stereocenters. The summed E-state index contributed by atoms with van der Waals surface area (Å²) in [6.07, 6.45) is 1.61. The number of carbonyl (C=O) groups excluding carboxylic acids is 1. The SMILES string of the molecule is C=CCn1c(=S)[nH]c2cc(C(=O)Nc3cccc(Br)c3)ccc2c1=O. The number of fused-ring (bicyclic) bond motifs is 1. The van der Waals surface area contributed by atoms with Gasteiger partial charge in [-0.15, -0.1) is 6.58 Å². The summed E-state index contributed by atoms with van der Waals surface area (Å²) in [6.45, 7) is 3.95. The lowest BCUT2D eigenvalue weighted by molar-refractivity contribution is 0.102. The first-order chi connectivity index (χ1) is 12.0. The second-order valence-corrected chi connectivity index (χ2v) is 6.66. The maximum atomic E-state index is 12.5. The highest BCUT2D eigenvalue weighted by atomic mass is 79.9. The van der Waals surface area contributed by atoms with Gasteiger partial charge in [0.2, 0.25) is 0 Å². The predicted octanol–water partition coefficient (Wildman–Crippen LogP) is 4.26. The summed E-state index contributed by atoms with van der Waals surface area (Å²) in [4.78, 5) is 27.9. The molecule has 0 spiro atoms. The van der Waals surface area contributed by atoms with Crippen LogP contribution in [0.1, 0.15) is 10.4 Å². The summed E-state index contributed by atoms with van der Waals surface area (Å²) >= 11 is 8.58. The molecule has 3 rings (SSSR count). The number of hydrogen-bond acceptors (Lipinski definition) is 3. The number of H-pyrrole nitrogens is 1. The third-order valence-corrected chi connectivity index (χ3v) is 4.45. The summed E-state index contributed by atoms with van der Waals surface area (Å²) in [6, 6.07) is 12.2. The number of aromatic nitrogens is 2. The summed E-state index contributed by atoms with van der Waals surface area (Å²) in [5, 5.41) is 3.29. The van der Waals surface area contributed by atoms with E-state index in [0.717, 1.165) is 4.47 Å². The number of benzene rings is 2. The van der Waals surface area contributed by atoms with Gasteiger partial charge < -0.3 is 10.3 Å². The number of nitrogens with one attached hydrogen (secondary N) is 2. The molecule has 2 aromatic carbocycles. The molecule has 0 radical (unpaired) electrons. The number of carbonyl (C=O) groups is 1. The average Bonchev–Trinajstić information content (AvgIpc) is 2.58. The van der Waals surface area contributed by atoms with Crippen molar-refractivity contribution in [2.75, 3.05) is 5.32 Å². The molecule has 25 heavy (non-hydrogen) atoms. The minimum Gasteiger partial charge on any atom is -0.332 e. The predicted molar refractivity (Wildman–Crippen MR) is 106 cm³/mol. The number of allylic oxidation sites excluding steroid dienone is 1. The first-order valence-corrected chi connectivity index (χ1v) is 8.64. The van der Waals surface area contributed by atoms with E-state index in [1.165, 1.54) is 4.57 Å². The van der Waals surface area contributed by atoms with E-state index in [1.54, 1.807) is 36.4 Å². The third-order valence-electron chi connectivity index (χ3n) is 3.64. The van der Waals surface area contributed by atoms with Crippen LogP contribution in [0, 0.1) is 4.77 Å². The Kier molecular flexibility index (Phi) is 4.96. The fourth-order valence-electron chi connectivity index (χ4n) is 2.46. The molecule has 0 saturated heterocycles. The van der Waals surface area contributed by atoms with E-state index in [2.05, 4.69) is 32.8 Å². The molecule has 0 fully saturated rings. The number of rotatable bonds is 4. The molecule has 1 aromatic heterocycles. The van der Waals surface area contributed by atoms with Gasteiger partial charge in [-0.05, 0) is 48.6 Å². The summed E-state index contributed by atoms with van der Waals surface area (Å²) in [5.41, 5.74) is 1.42. The van der Waals surface area contributed by atoms with Crippen molar-refractivity contribution in [1.29, 1.82) is 0 Å². The fraction of sp³-hybridized carbons (Fsp3) is 0.0556. The monoisotopic (exact) mass is 415 g/mol. The van der Waals surface area contributed by atoms with Gasteiger partial charge in [-0.25, -0.2) is 0 Å². The van der Waals surface area contributed by atoms with Crippen LogP contribution in [0.3, 0.4) is 0 Å². The molecule has 0 aliphatic heterocycles. The molecule has 7 heteroatoms. The van der Waals surface area contributed by atoms with Crippen molar-refractivity contribution in [2.24, 2.45) is 0 Å². The van der Waals surface area contributed by atoms with Crippen molar-refractivity contribution in [3.8, 4) is 0 Å². The number of amides is 1. The van der Waals surface area contributed by atoms with Crippen molar-refractivity contribution in [1.82, 2.24) is 9.55 Å². The van der Waals surface area contributed by atoms with Gasteiger partial charge in [-0.2, -0.15) is 0 Å². The zero-order valence-corrected chi connectivity index (χ0v) is 15.5. The van der Waals surface area contributed by atoms with Crippen LogP contribution in [-0.4, -0.2) is 15.5 Å². The Labute approximate surface area is 157 Å². The minimum atomic E-state index is -0.269. The largest absolute Gasteiger partial charge is 0.332 e. The molecular weight excluding hydrogens is 402 g/mol. The van der Waals surface area contributed by atoms with Gasteiger partial charge in [0.1, 0.15) is 0 Å². The Morgan fingerprint density at radius 3 is 2.84 bits per heavy atom. The van der Waals surface area contributed by atoms with Gasteiger partial charge in [0.05, 0.1) is 10.9 Å².